The van der Waals surface area contributed by atoms with Crippen molar-refractivity contribution in [2.45, 2.75) is 56.7 Å². The Hall–Kier alpha value is -2.60. The molecule has 214 valence electrons. The second kappa shape index (κ2) is 15.1. The van der Waals surface area contributed by atoms with Gasteiger partial charge in [0, 0.05) is 11.1 Å². The van der Waals surface area contributed by atoms with Gasteiger partial charge in [0.1, 0.15) is 47.4 Å². The van der Waals surface area contributed by atoms with Gasteiger partial charge in [0.15, 0.2) is 0 Å². The van der Waals surface area contributed by atoms with Crippen molar-refractivity contribution in [2.24, 2.45) is 11.8 Å². The maximum Gasteiger partial charge on any atom is 0.125 e. The zero-order valence-corrected chi connectivity index (χ0v) is 22.7. The molecule has 10 nitrogen and oxygen atoms in total. The van der Waals surface area contributed by atoms with Crippen molar-refractivity contribution in [3.63, 3.8) is 0 Å². The van der Waals surface area contributed by atoms with Crippen molar-refractivity contribution in [3.8, 4) is 23.0 Å². The molecule has 2 aromatic carbocycles. The molecule has 0 heterocycles. The van der Waals surface area contributed by atoms with Gasteiger partial charge in [-0.1, -0.05) is 19.1 Å². The summed E-state index contributed by atoms with van der Waals surface area (Å²) in [7, 11) is 6.19. The van der Waals surface area contributed by atoms with Crippen LogP contribution in [-0.4, -0.2) is 96.2 Å². The fourth-order valence-corrected chi connectivity index (χ4v) is 4.78. The number of rotatable bonds is 16. The van der Waals surface area contributed by atoms with Gasteiger partial charge in [-0.25, -0.2) is 0 Å². The van der Waals surface area contributed by atoms with E-state index in [1.807, 2.05) is 25.1 Å². The molecule has 2 aromatic rings. The molecule has 0 aliphatic carbocycles. The number of aliphatic hydroxyl groups is 6. The number of ether oxygens (including phenoxy) is 4. The average Bonchev–Trinajstić information content (AvgIpc) is 2.95. The fourth-order valence-electron chi connectivity index (χ4n) is 4.78. The molecule has 2 rings (SSSR count). The zero-order chi connectivity index (χ0) is 28.4. The van der Waals surface area contributed by atoms with E-state index < -0.39 is 43.0 Å². The second-order valence-corrected chi connectivity index (χ2v) is 9.38. The first-order valence-corrected chi connectivity index (χ1v) is 12.6. The summed E-state index contributed by atoms with van der Waals surface area (Å²) in [5.74, 6) is 1.50. The van der Waals surface area contributed by atoms with E-state index in [1.165, 1.54) is 14.2 Å². The summed E-state index contributed by atoms with van der Waals surface area (Å²) >= 11 is 0. The van der Waals surface area contributed by atoms with Gasteiger partial charge < -0.3 is 49.6 Å². The molecule has 0 fully saturated rings. The van der Waals surface area contributed by atoms with Crippen LogP contribution in [-0.2, 0) is 12.8 Å². The molecule has 0 radical (unpaired) electrons. The Balaban J connectivity index is 2.41. The summed E-state index contributed by atoms with van der Waals surface area (Å²) in [5.41, 5.74) is 1.52. The zero-order valence-electron chi connectivity index (χ0n) is 22.7. The Morgan fingerprint density at radius 1 is 0.632 bits per heavy atom. The minimum atomic E-state index is -1.91. The molecule has 0 saturated carbocycles. The van der Waals surface area contributed by atoms with Crippen LogP contribution in [0.25, 0.3) is 0 Å². The molecule has 6 N–H and O–H groups in total. The van der Waals surface area contributed by atoms with Crippen LogP contribution < -0.4 is 18.9 Å². The predicted molar refractivity (Wildman–Crippen MR) is 141 cm³/mol. The minimum Gasteiger partial charge on any atom is -0.496 e. The highest BCUT2D eigenvalue weighted by Gasteiger charge is 2.39. The highest BCUT2D eigenvalue weighted by Crippen LogP contribution is 2.37. The van der Waals surface area contributed by atoms with Gasteiger partial charge in [-0.3, -0.25) is 0 Å². The van der Waals surface area contributed by atoms with Crippen molar-refractivity contribution in [1.82, 2.24) is 0 Å². The molecule has 7 atom stereocenters. The van der Waals surface area contributed by atoms with E-state index in [9.17, 15) is 25.5 Å². The SMILES string of the molecule is COc1cccc(OC)c1CCC(C)C(Cc1c(OC)cccc1OC)C(O)[C@@H](O)[C@@H](O)[C@H](O)[C@@H](O)CO. The highest BCUT2D eigenvalue weighted by molar-refractivity contribution is 5.46. The van der Waals surface area contributed by atoms with Crippen molar-refractivity contribution in [3.05, 3.63) is 47.5 Å². The van der Waals surface area contributed by atoms with Crippen LogP contribution in [0.2, 0.25) is 0 Å². The molecule has 0 bridgehead atoms. The predicted octanol–water partition coefficient (Wildman–Crippen LogP) is 0.945. The number of hydrogen-bond acceptors (Lipinski definition) is 10. The van der Waals surface area contributed by atoms with Gasteiger partial charge >= 0.3 is 0 Å². The number of benzene rings is 2. The topological polar surface area (TPSA) is 158 Å². The molecule has 0 amide bonds. The summed E-state index contributed by atoms with van der Waals surface area (Å²) < 4.78 is 22.1. The molecule has 0 spiro atoms. The van der Waals surface area contributed by atoms with Crippen molar-refractivity contribution >= 4 is 0 Å². The van der Waals surface area contributed by atoms with E-state index >= 15 is 0 Å². The van der Waals surface area contributed by atoms with Crippen molar-refractivity contribution in [1.29, 1.82) is 0 Å². The second-order valence-electron chi connectivity index (χ2n) is 9.38. The molecule has 0 saturated heterocycles. The normalized spacial score (nSPS) is 17.0. The largest absolute Gasteiger partial charge is 0.496 e. The van der Waals surface area contributed by atoms with Gasteiger partial charge in [0.2, 0.25) is 0 Å². The Kier molecular flexibility index (Phi) is 12.6. The minimum absolute atomic E-state index is 0.209. The maximum atomic E-state index is 11.3. The van der Waals surface area contributed by atoms with Crippen LogP contribution in [0.3, 0.4) is 0 Å². The van der Waals surface area contributed by atoms with E-state index in [-0.39, 0.29) is 12.3 Å². The summed E-state index contributed by atoms with van der Waals surface area (Å²) in [6, 6.07) is 10.8. The first-order chi connectivity index (χ1) is 18.1. The molecular formula is C28H42O10. The Labute approximate surface area is 224 Å². The summed E-state index contributed by atoms with van der Waals surface area (Å²) in [6.45, 7) is 1.09. The smallest absolute Gasteiger partial charge is 0.125 e. The van der Waals surface area contributed by atoms with E-state index in [0.717, 1.165) is 5.56 Å². The molecule has 0 aromatic heterocycles. The Morgan fingerprint density at radius 2 is 1.05 bits per heavy atom. The lowest BCUT2D eigenvalue weighted by Gasteiger charge is -2.36. The van der Waals surface area contributed by atoms with E-state index in [0.29, 0.717) is 41.4 Å². The van der Waals surface area contributed by atoms with Gasteiger partial charge in [-0.15, -0.1) is 0 Å². The first kappa shape index (κ1) is 31.6. The lowest BCUT2D eigenvalue weighted by atomic mass is 9.77. The molecule has 10 heteroatoms. The lowest BCUT2D eigenvalue weighted by Crippen LogP contribution is -2.52. The quantitative estimate of drug-likeness (QED) is 0.182. The van der Waals surface area contributed by atoms with E-state index in [1.54, 1.807) is 32.4 Å². The Morgan fingerprint density at radius 3 is 1.47 bits per heavy atom. The van der Waals surface area contributed by atoms with Gasteiger partial charge in [-0.2, -0.15) is 0 Å². The molecule has 0 aliphatic rings. The Bertz CT molecular complexity index is 940. The monoisotopic (exact) mass is 538 g/mol. The van der Waals surface area contributed by atoms with Crippen molar-refractivity contribution in [2.75, 3.05) is 35.0 Å². The van der Waals surface area contributed by atoms with E-state index in [4.69, 9.17) is 24.1 Å². The van der Waals surface area contributed by atoms with E-state index in [2.05, 4.69) is 0 Å². The summed E-state index contributed by atoms with van der Waals surface area (Å²) in [4.78, 5) is 0. The number of aliphatic hydroxyl groups excluding tert-OH is 6. The van der Waals surface area contributed by atoms with Crippen LogP contribution in [0.4, 0.5) is 0 Å². The third-order valence-corrected chi connectivity index (χ3v) is 7.15. The van der Waals surface area contributed by atoms with Crippen molar-refractivity contribution < 1.29 is 49.6 Å². The van der Waals surface area contributed by atoms with Crippen LogP contribution in [0.5, 0.6) is 23.0 Å². The van der Waals surface area contributed by atoms with Crippen LogP contribution in [0, 0.1) is 11.8 Å². The molecule has 3 unspecified atom stereocenters. The molecular weight excluding hydrogens is 496 g/mol. The first-order valence-electron chi connectivity index (χ1n) is 12.6. The van der Waals surface area contributed by atoms with Crippen LogP contribution in [0.15, 0.2) is 36.4 Å². The summed E-state index contributed by atoms with van der Waals surface area (Å²) in [5, 5.41) is 61.7. The van der Waals surface area contributed by atoms with Gasteiger partial charge in [0.05, 0.1) is 41.2 Å². The maximum absolute atomic E-state index is 11.3. The lowest BCUT2D eigenvalue weighted by molar-refractivity contribution is -0.152. The third kappa shape index (κ3) is 7.49. The fraction of sp³-hybridized carbons (Fsp3) is 0.571. The third-order valence-electron chi connectivity index (χ3n) is 7.15. The molecule has 38 heavy (non-hydrogen) atoms. The molecule has 0 aliphatic heterocycles. The standard InChI is InChI=1S/C28H42O10/c1-16(12-13-17-21(35-2)8-6-9-22(17)36-3)18(14-19-23(37-4)10-7-11-24(19)38-5)25(31)27(33)28(34)26(32)20(30)15-29/h6-11,16,18,20,25-34H,12-15H2,1-5H3/t16?,18?,20-,25?,26+,27+,28-/m0/s1. The highest BCUT2D eigenvalue weighted by atomic mass is 16.5. The summed E-state index contributed by atoms with van der Waals surface area (Å²) in [6.07, 6.45) is -7.51. The van der Waals surface area contributed by atoms with Gasteiger partial charge in [0.25, 0.3) is 0 Å². The van der Waals surface area contributed by atoms with Gasteiger partial charge in [-0.05, 0) is 55.4 Å². The number of methoxy groups -OCH3 is 4. The average molecular weight is 539 g/mol. The van der Waals surface area contributed by atoms with Crippen LogP contribution >= 0.6 is 0 Å². The van der Waals surface area contributed by atoms with Crippen LogP contribution in [0.1, 0.15) is 24.5 Å². The number of hydrogen-bond donors (Lipinski definition) is 6.